The Labute approximate surface area is 575 Å². The summed E-state index contributed by atoms with van der Waals surface area (Å²) in [6.45, 7) is 16.7. The summed E-state index contributed by atoms with van der Waals surface area (Å²) in [5, 5.41) is 20.2. The number of methoxy groups -OCH3 is 2. The van der Waals surface area contributed by atoms with E-state index in [-0.39, 0.29) is 107 Å². The van der Waals surface area contributed by atoms with Crippen molar-refractivity contribution in [2.75, 3.05) is 73.4 Å². The van der Waals surface area contributed by atoms with Gasteiger partial charge in [0, 0.05) is 83.5 Å². The number of esters is 1. The SMILES string of the molecule is CC[C@H](C)[C@@H]([C@@H](CC(=O)N1CCC[C@H]1[C@H](OC)[C@@H](C)C(=O)N[C@H](CN=[N+]=[N-])Cc1ccc(NC(=O)[C@H](CCCNC(N)=O)NC(=O)[C@@H](NC(=O)CCC(=O)N2CCC(C(=O)Oc3c(F)c(F)c(F)c(F)c3F)CC2)C(C)C)cc1)OC)N(C)C(=O)[C@@H](NC(=O)[C@H](C(C)C)N(C)C)C(C)C. The Morgan fingerprint density at radius 2 is 1.32 bits per heavy atom. The number of ether oxygens (including phenoxy) is 3. The lowest BCUT2D eigenvalue weighted by atomic mass is 9.89. The van der Waals surface area contributed by atoms with Gasteiger partial charge in [0.2, 0.25) is 82.1 Å². The molecular weight excluding hydrogens is 1300 g/mol. The van der Waals surface area contributed by atoms with E-state index in [9.17, 15) is 75.4 Å². The second-order valence-corrected chi connectivity index (χ2v) is 26.7. The van der Waals surface area contributed by atoms with Gasteiger partial charge in [-0.15, -0.1) is 0 Å². The van der Waals surface area contributed by atoms with Crippen LogP contribution in [0.25, 0.3) is 10.4 Å². The molecule has 2 heterocycles. The fourth-order valence-corrected chi connectivity index (χ4v) is 12.7. The highest BCUT2D eigenvalue weighted by Crippen LogP contribution is 2.33. The monoisotopic (exact) mass is 1400 g/mol. The molecule has 2 fully saturated rings. The van der Waals surface area contributed by atoms with Crippen molar-refractivity contribution >= 4 is 64.9 Å². The number of carbonyl (C=O) groups is 10. The summed E-state index contributed by atoms with van der Waals surface area (Å²) in [7, 11) is 8.28. The maximum atomic E-state index is 14.6. The van der Waals surface area contributed by atoms with E-state index in [1.165, 1.54) is 19.1 Å². The molecule has 99 heavy (non-hydrogen) atoms. The number of nitrogens with one attached hydrogen (secondary N) is 6. The third kappa shape index (κ3) is 23.4. The Morgan fingerprint density at radius 1 is 0.717 bits per heavy atom. The molecule has 2 aliphatic rings. The van der Waals surface area contributed by atoms with Crippen LogP contribution in [-0.4, -0.2) is 201 Å². The first kappa shape index (κ1) is 83.2. The second kappa shape index (κ2) is 39.5. The zero-order chi connectivity index (χ0) is 74.3. The predicted molar refractivity (Wildman–Crippen MR) is 356 cm³/mol. The molecule has 2 saturated heterocycles. The van der Waals surface area contributed by atoms with Crippen LogP contribution in [0.15, 0.2) is 29.4 Å². The second-order valence-electron chi connectivity index (χ2n) is 26.7. The van der Waals surface area contributed by atoms with Crippen molar-refractivity contribution in [1.82, 2.24) is 46.2 Å². The van der Waals surface area contributed by atoms with Gasteiger partial charge in [0.25, 0.3) is 0 Å². The molecule has 11 atom stereocenters. The van der Waals surface area contributed by atoms with Crippen LogP contribution < -0.4 is 42.4 Å². The van der Waals surface area contributed by atoms with E-state index < -0.39 is 155 Å². The number of azide groups is 1. The first-order chi connectivity index (χ1) is 46.6. The van der Waals surface area contributed by atoms with Crippen molar-refractivity contribution in [2.24, 2.45) is 46.4 Å². The number of halogens is 5. The largest absolute Gasteiger partial charge is 0.420 e. The van der Waals surface area contributed by atoms with E-state index in [4.69, 9.17) is 15.2 Å². The summed E-state index contributed by atoms with van der Waals surface area (Å²) in [5.41, 5.74) is 15.6. The summed E-state index contributed by atoms with van der Waals surface area (Å²) < 4.78 is 85.8. The first-order valence-corrected chi connectivity index (χ1v) is 33.6. The lowest BCUT2D eigenvalue weighted by Gasteiger charge is -2.41. The molecule has 0 aliphatic carbocycles. The highest BCUT2D eigenvalue weighted by Gasteiger charge is 2.44. The van der Waals surface area contributed by atoms with Crippen LogP contribution in [0.2, 0.25) is 0 Å². The number of likely N-dealkylation sites (N-methyl/N-ethyl adjacent to an activating group) is 2. The highest BCUT2D eigenvalue weighted by atomic mass is 19.2. The van der Waals surface area contributed by atoms with E-state index in [1.54, 1.807) is 61.9 Å². The van der Waals surface area contributed by atoms with Gasteiger partial charge in [-0.1, -0.05) is 86.0 Å². The minimum Gasteiger partial charge on any atom is -0.420 e. The minimum absolute atomic E-state index is 0.0129. The zero-order valence-electron chi connectivity index (χ0n) is 59.2. The molecule has 0 spiro atoms. The first-order valence-electron chi connectivity index (χ1n) is 33.6. The third-order valence-corrected chi connectivity index (χ3v) is 18.3. The quantitative estimate of drug-likeness (QED) is 0.00469. The van der Waals surface area contributed by atoms with Gasteiger partial charge in [0.05, 0.1) is 48.6 Å². The topological polar surface area (TPSA) is 358 Å². The molecule has 2 aromatic carbocycles. The lowest BCUT2D eigenvalue weighted by molar-refractivity contribution is -0.148. The van der Waals surface area contributed by atoms with Crippen LogP contribution in [-0.2, 0) is 59.0 Å². The molecule has 2 aromatic rings. The van der Waals surface area contributed by atoms with Crippen molar-refractivity contribution in [1.29, 1.82) is 0 Å². The number of carbonyl (C=O) groups excluding carboxylic acids is 10. The third-order valence-electron chi connectivity index (χ3n) is 18.3. The van der Waals surface area contributed by atoms with Gasteiger partial charge in [0.1, 0.15) is 18.1 Å². The average molecular weight is 1410 g/mol. The van der Waals surface area contributed by atoms with Gasteiger partial charge < -0.3 is 66.5 Å². The molecule has 2 aliphatic heterocycles. The summed E-state index contributed by atoms with van der Waals surface area (Å²) in [4.78, 5) is 145. The fourth-order valence-electron chi connectivity index (χ4n) is 12.7. The molecule has 10 amide bonds. The van der Waals surface area contributed by atoms with E-state index in [0.29, 0.717) is 37.1 Å². The van der Waals surface area contributed by atoms with Crippen molar-refractivity contribution in [3.63, 3.8) is 0 Å². The van der Waals surface area contributed by atoms with Crippen LogP contribution in [0.4, 0.5) is 32.4 Å². The van der Waals surface area contributed by atoms with Crippen molar-refractivity contribution in [3.8, 4) is 5.75 Å². The summed E-state index contributed by atoms with van der Waals surface area (Å²) in [6.07, 6.45) is -0.428. The Hall–Kier alpha value is -8.22. The average Bonchev–Trinajstić information content (AvgIpc) is 1.72. The van der Waals surface area contributed by atoms with Crippen LogP contribution in [0.1, 0.15) is 132 Å². The van der Waals surface area contributed by atoms with Crippen LogP contribution in [0.5, 0.6) is 5.75 Å². The van der Waals surface area contributed by atoms with Crippen molar-refractivity contribution in [3.05, 3.63) is 69.4 Å². The number of hydrogen-bond donors (Lipinski definition) is 7. The Kier molecular flexibility index (Phi) is 33.2. The molecule has 32 heteroatoms. The van der Waals surface area contributed by atoms with Gasteiger partial charge in [-0.25, -0.2) is 18.0 Å². The van der Waals surface area contributed by atoms with Crippen molar-refractivity contribution < 1.29 is 84.1 Å². The van der Waals surface area contributed by atoms with Crippen LogP contribution in [0.3, 0.4) is 0 Å². The molecule has 0 aromatic heterocycles. The number of likely N-dealkylation sites (tertiary alicyclic amines) is 2. The molecule has 27 nitrogen and oxygen atoms in total. The molecule has 0 radical (unpaired) electrons. The summed E-state index contributed by atoms with van der Waals surface area (Å²) in [5.74, 6) is -21.4. The van der Waals surface area contributed by atoms with E-state index in [1.807, 2.05) is 60.5 Å². The Bertz CT molecular complexity index is 3130. The molecule has 4 rings (SSSR count). The van der Waals surface area contributed by atoms with Gasteiger partial charge in [-0.2, -0.15) is 8.78 Å². The highest BCUT2D eigenvalue weighted by molar-refractivity contribution is 5.99. The van der Waals surface area contributed by atoms with E-state index in [2.05, 4.69) is 46.7 Å². The number of urea groups is 1. The van der Waals surface area contributed by atoms with Gasteiger partial charge in [-0.05, 0) is 106 Å². The summed E-state index contributed by atoms with van der Waals surface area (Å²) >= 11 is 0. The Balaban J connectivity index is 1.39. The number of hydrogen-bond acceptors (Lipinski definition) is 15. The molecular formula is C67H101F5N14O13. The summed E-state index contributed by atoms with van der Waals surface area (Å²) in [6, 6.07) is 0.102. The normalized spacial score (nSPS) is 17.2. The van der Waals surface area contributed by atoms with Crippen LogP contribution in [0, 0.1) is 64.6 Å². The van der Waals surface area contributed by atoms with Gasteiger partial charge in [0.15, 0.2) is 0 Å². The number of rotatable bonds is 37. The molecule has 0 saturated carbocycles. The molecule has 0 bridgehead atoms. The molecule has 552 valence electrons. The number of anilines is 1. The van der Waals surface area contributed by atoms with Gasteiger partial charge in [-0.3, -0.25) is 48.1 Å². The maximum absolute atomic E-state index is 14.6. The van der Waals surface area contributed by atoms with E-state index in [0.717, 1.165) is 0 Å². The number of piperidine rings is 1. The predicted octanol–water partition coefficient (Wildman–Crippen LogP) is 6.00. The zero-order valence-corrected chi connectivity index (χ0v) is 59.2. The van der Waals surface area contributed by atoms with Crippen LogP contribution >= 0.6 is 0 Å². The maximum Gasteiger partial charge on any atom is 0.314 e. The molecule has 0 unspecified atom stereocenters. The van der Waals surface area contributed by atoms with Gasteiger partial charge >= 0.3 is 12.0 Å². The smallest absolute Gasteiger partial charge is 0.314 e. The Morgan fingerprint density at radius 3 is 1.86 bits per heavy atom. The number of nitrogens with two attached hydrogens (primary N) is 1. The number of benzene rings is 2. The molecule has 8 N–H and O–H groups in total. The minimum atomic E-state index is -2.42. The van der Waals surface area contributed by atoms with Crippen molar-refractivity contribution in [2.45, 2.75) is 187 Å². The fraction of sp³-hybridized carbons (Fsp3) is 0.672. The number of amides is 10. The number of primary amides is 1. The standard InChI is InChI=1S/C67H101F5N14O13/c1-15-38(8)58(84(12)65(94)56(36(4)5)81-64(93)57(37(6)7)83(10)11)46(97-13)33-49(89)86-29-17-19-45(86)59(98-14)39(9)61(90)78-43(34-76-82-74)32-40-20-22-42(23-21-40)77-62(91)44(18-16-28-75-67(73)96)79-63(92)55(35(2)3)80-47(87)24-25-48(88)85-30-26-41(27-31-85)66(95)99-60-53(71)51(69)50(68)52(70)54(60)72/h20-23,35-39,41,43-46,55-59H,15-19,24-34H2,1-14H3,(H,77,91)(H,78,90)(H,79,92)(H,80,87)(H,81,93)(H3,73,75,96)/t38-,39+,43-,44-,45-,46+,55-,56-,57-,58-,59+/m0/s1. The lowest BCUT2D eigenvalue weighted by Crippen LogP contribution is -2.59. The number of nitrogens with zero attached hydrogens (tertiary/aromatic N) is 7. The van der Waals surface area contributed by atoms with E-state index >= 15 is 0 Å².